The molecule has 0 unspecified atom stereocenters. The van der Waals surface area contributed by atoms with Crippen LogP contribution in [0.4, 0.5) is 11.4 Å². The van der Waals surface area contributed by atoms with E-state index in [1.165, 1.54) is 11.3 Å². The lowest BCUT2D eigenvalue weighted by atomic mass is 9.80. The summed E-state index contributed by atoms with van der Waals surface area (Å²) in [6.07, 6.45) is 2.96. The molecule has 1 aromatic carbocycles. The molecule has 0 aliphatic carbocycles. The Kier molecular flexibility index (Phi) is 4.28. The van der Waals surface area contributed by atoms with Crippen LogP contribution in [0.5, 0.6) is 0 Å². The van der Waals surface area contributed by atoms with Gasteiger partial charge in [0.2, 0.25) is 5.91 Å². The molecule has 124 valence electrons. The topological polar surface area (TPSA) is 58.6 Å². The first kappa shape index (κ1) is 15.8. The third kappa shape index (κ3) is 3.19. The van der Waals surface area contributed by atoms with Gasteiger partial charge in [-0.05, 0) is 56.9 Å². The minimum absolute atomic E-state index is 0.0761. The highest BCUT2D eigenvalue weighted by Gasteiger charge is 2.38. The van der Waals surface area contributed by atoms with E-state index in [4.69, 9.17) is 4.74 Å². The van der Waals surface area contributed by atoms with Crippen molar-refractivity contribution in [1.82, 2.24) is 0 Å². The summed E-state index contributed by atoms with van der Waals surface area (Å²) in [6, 6.07) is 6.21. The van der Waals surface area contributed by atoms with Gasteiger partial charge >= 0.3 is 5.97 Å². The summed E-state index contributed by atoms with van der Waals surface area (Å²) in [6.45, 7) is 5.99. The molecule has 5 heteroatoms. The number of esters is 1. The van der Waals surface area contributed by atoms with Crippen molar-refractivity contribution in [3.63, 3.8) is 0 Å². The summed E-state index contributed by atoms with van der Waals surface area (Å²) < 4.78 is 5.21. The van der Waals surface area contributed by atoms with E-state index in [0.717, 1.165) is 38.0 Å². The fourth-order valence-corrected chi connectivity index (χ4v) is 3.33. The Morgan fingerprint density at radius 1 is 1.30 bits per heavy atom. The molecule has 3 rings (SSSR count). The van der Waals surface area contributed by atoms with E-state index in [9.17, 15) is 9.59 Å². The number of rotatable bonds is 3. The minimum Gasteiger partial charge on any atom is -0.466 e. The summed E-state index contributed by atoms with van der Waals surface area (Å²) in [5.74, 6) is 0.0150. The number of aryl methyl sites for hydroxylation is 1. The molecule has 0 bridgehead atoms. The number of amides is 1. The van der Waals surface area contributed by atoms with Crippen LogP contribution in [-0.4, -0.2) is 31.6 Å². The van der Waals surface area contributed by atoms with E-state index in [1.54, 1.807) is 0 Å². The molecule has 2 aliphatic heterocycles. The molecule has 0 aromatic heterocycles. The standard InChI is InChI=1S/C18H24N2O3/c1-3-23-17(22)18(2)8-10-20(11-9-18)14-5-6-15-13(12-14)4-7-16(21)19-15/h5-6,12H,3-4,7-11H2,1-2H3,(H,19,21). The van der Waals surface area contributed by atoms with Gasteiger partial charge in [-0.2, -0.15) is 0 Å². The first-order chi connectivity index (χ1) is 11.0. The van der Waals surface area contributed by atoms with E-state index in [-0.39, 0.29) is 17.3 Å². The lowest BCUT2D eigenvalue weighted by Gasteiger charge is -2.39. The lowest BCUT2D eigenvalue weighted by molar-refractivity contribution is -0.155. The number of nitrogens with zero attached hydrogens (tertiary/aromatic N) is 1. The Bertz CT molecular complexity index is 619. The van der Waals surface area contributed by atoms with Gasteiger partial charge in [0.1, 0.15) is 0 Å². The summed E-state index contributed by atoms with van der Waals surface area (Å²) in [5.41, 5.74) is 2.93. The van der Waals surface area contributed by atoms with E-state index >= 15 is 0 Å². The fourth-order valence-electron chi connectivity index (χ4n) is 3.33. The molecule has 2 aliphatic rings. The maximum absolute atomic E-state index is 12.1. The van der Waals surface area contributed by atoms with Gasteiger partial charge in [0.15, 0.2) is 0 Å². The average molecular weight is 316 g/mol. The van der Waals surface area contributed by atoms with Crippen molar-refractivity contribution in [2.75, 3.05) is 29.9 Å². The molecule has 1 aromatic rings. The number of carbonyl (C=O) groups is 2. The van der Waals surface area contributed by atoms with Crippen LogP contribution in [0.1, 0.15) is 38.7 Å². The minimum atomic E-state index is -0.366. The van der Waals surface area contributed by atoms with E-state index in [2.05, 4.69) is 22.3 Å². The molecule has 1 N–H and O–H groups in total. The molecular formula is C18H24N2O3. The van der Waals surface area contributed by atoms with Gasteiger partial charge < -0.3 is 15.0 Å². The fraction of sp³-hybridized carbons (Fsp3) is 0.556. The molecule has 0 radical (unpaired) electrons. The number of hydrogen-bond acceptors (Lipinski definition) is 4. The van der Waals surface area contributed by atoms with Gasteiger partial charge in [0.25, 0.3) is 0 Å². The summed E-state index contributed by atoms with van der Waals surface area (Å²) in [4.78, 5) is 25.9. The van der Waals surface area contributed by atoms with Crippen LogP contribution < -0.4 is 10.2 Å². The van der Waals surface area contributed by atoms with E-state index in [0.29, 0.717) is 13.0 Å². The summed E-state index contributed by atoms with van der Waals surface area (Å²) in [7, 11) is 0. The van der Waals surface area contributed by atoms with Gasteiger partial charge in [-0.1, -0.05) is 0 Å². The van der Waals surface area contributed by atoms with Crippen LogP contribution >= 0.6 is 0 Å². The molecule has 2 heterocycles. The third-order valence-electron chi connectivity index (χ3n) is 4.98. The largest absolute Gasteiger partial charge is 0.466 e. The van der Waals surface area contributed by atoms with Crippen molar-refractivity contribution in [3.8, 4) is 0 Å². The Morgan fingerprint density at radius 3 is 2.74 bits per heavy atom. The first-order valence-corrected chi connectivity index (χ1v) is 8.37. The predicted octanol–water partition coefficient (Wildman–Crippen LogP) is 2.74. The third-order valence-corrected chi connectivity index (χ3v) is 4.98. The Labute approximate surface area is 137 Å². The highest BCUT2D eigenvalue weighted by molar-refractivity contribution is 5.94. The first-order valence-electron chi connectivity index (χ1n) is 8.37. The van der Waals surface area contributed by atoms with Gasteiger partial charge in [-0.3, -0.25) is 9.59 Å². The molecular weight excluding hydrogens is 292 g/mol. The second-order valence-electron chi connectivity index (χ2n) is 6.66. The van der Waals surface area contributed by atoms with Gasteiger partial charge in [0.05, 0.1) is 12.0 Å². The SMILES string of the molecule is CCOC(=O)C1(C)CCN(c2ccc3c(c2)CCC(=O)N3)CC1. The summed E-state index contributed by atoms with van der Waals surface area (Å²) >= 11 is 0. The quantitative estimate of drug-likeness (QED) is 0.871. The van der Waals surface area contributed by atoms with Crippen LogP contribution in [0, 0.1) is 5.41 Å². The van der Waals surface area contributed by atoms with E-state index in [1.807, 2.05) is 19.9 Å². The average Bonchev–Trinajstić information content (AvgIpc) is 2.55. The Hall–Kier alpha value is -2.04. The molecule has 0 saturated carbocycles. The number of carbonyl (C=O) groups excluding carboxylic acids is 2. The monoisotopic (exact) mass is 316 g/mol. The predicted molar refractivity (Wildman–Crippen MR) is 89.6 cm³/mol. The zero-order valence-corrected chi connectivity index (χ0v) is 13.9. The maximum Gasteiger partial charge on any atom is 0.311 e. The van der Waals surface area contributed by atoms with Crippen molar-refractivity contribution >= 4 is 23.3 Å². The number of anilines is 2. The number of nitrogens with one attached hydrogen (secondary N) is 1. The maximum atomic E-state index is 12.1. The second kappa shape index (κ2) is 6.22. The Morgan fingerprint density at radius 2 is 2.04 bits per heavy atom. The van der Waals surface area contributed by atoms with Gasteiger partial charge in [-0.15, -0.1) is 0 Å². The smallest absolute Gasteiger partial charge is 0.311 e. The molecule has 0 atom stereocenters. The van der Waals surface area contributed by atoms with Crippen LogP contribution in [0.2, 0.25) is 0 Å². The number of benzene rings is 1. The number of fused-ring (bicyclic) bond motifs is 1. The second-order valence-corrected chi connectivity index (χ2v) is 6.66. The van der Waals surface area contributed by atoms with Gasteiger partial charge in [-0.25, -0.2) is 0 Å². The zero-order chi connectivity index (χ0) is 16.4. The van der Waals surface area contributed by atoms with Crippen molar-refractivity contribution in [1.29, 1.82) is 0 Å². The van der Waals surface area contributed by atoms with E-state index < -0.39 is 0 Å². The van der Waals surface area contributed by atoms with Crippen molar-refractivity contribution in [2.24, 2.45) is 5.41 Å². The van der Waals surface area contributed by atoms with Crippen molar-refractivity contribution in [3.05, 3.63) is 23.8 Å². The lowest BCUT2D eigenvalue weighted by Crippen LogP contribution is -2.43. The molecule has 0 spiro atoms. The number of piperidine rings is 1. The van der Waals surface area contributed by atoms with Crippen molar-refractivity contribution in [2.45, 2.75) is 39.5 Å². The van der Waals surface area contributed by atoms with Crippen LogP contribution in [0.3, 0.4) is 0 Å². The molecule has 1 amide bonds. The molecule has 23 heavy (non-hydrogen) atoms. The highest BCUT2D eigenvalue weighted by Crippen LogP contribution is 2.35. The van der Waals surface area contributed by atoms with Crippen LogP contribution in [0.15, 0.2) is 18.2 Å². The molecule has 1 saturated heterocycles. The van der Waals surface area contributed by atoms with Crippen molar-refractivity contribution < 1.29 is 14.3 Å². The summed E-state index contributed by atoms with van der Waals surface area (Å²) in [5, 5.41) is 2.91. The normalized spacial score (nSPS) is 19.7. The van der Waals surface area contributed by atoms with Crippen LogP contribution in [0.25, 0.3) is 0 Å². The Balaban J connectivity index is 1.68. The number of hydrogen-bond donors (Lipinski definition) is 1. The van der Waals surface area contributed by atoms with Gasteiger partial charge in [0, 0.05) is 30.9 Å². The highest BCUT2D eigenvalue weighted by atomic mass is 16.5. The molecule has 1 fully saturated rings. The van der Waals surface area contributed by atoms with Crippen LogP contribution in [-0.2, 0) is 20.7 Å². The number of ether oxygens (including phenoxy) is 1. The molecule has 5 nitrogen and oxygen atoms in total. The zero-order valence-electron chi connectivity index (χ0n) is 13.9.